The minimum atomic E-state index is -1.48. The minimum absolute atomic E-state index is 0.0377. The quantitative estimate of drug-likeness (QED) is 0.0456. The number of carboxylic acid groups (broad SMARTS) is 2. The smallest absolute Gasteiger partial charge is 0.326 e. The number of unbranched alkanes of at least 4 members (excludes halogenated alkanes) is 1. The number of carbonyl (C=O) groups is 5. The van der Waals surface area contributed by atoms with Crippen molar-refractivity contribution in [2.45, 2.75) is 89.4 Å². The first kappa shape index (κ1) is 34.5. The number of rotatable bonds is 20. The van der Waals surface area contributed by atoms with Crippen molar-refractivity contribution in [3.8, 4) is 0 Å². The van der Waals surface area contributed by atoms with Crippen molar-refractivity contribution < 1.29 is 34.2 Å². The van der Waals surface area contributed by atoms with Gasteiger partial charge < -0.3 is 49.1 Å². The topological polar surface area (TPSA) is 278 Å². The monoisotopic (exact) mass is 544 g/mol. The zero-order valence-corrected chi connectivity index (χ0v) is 22.2. The summed E-state index contributed by atoms with van der Waals surface area (Å²) in [7, 11) is 0. The van der Waals surface area contributed by atoms with Crippen LogP contribution in [-0.4, -0.2) is 83.1 Å². The van der Waals surface area contributed by atoms with Gasteiger partial charge in [0.2, 0.25) is 17.7 Å². The fraction of sp³-hybridized carbons (Fsp3) is 0.739. The lowest BCUT2D eigenvalue weighted by molar-refractivity contribution is -0.143. The second kappa shape index (κ2) is 18.7. The maximum atomic E-state index is 13.2. The summed E-state index contributed by atoms with van der Waals surface area (Å²) in [4.78, 5) is 64.9. The highest BCUT2D eigenvalue weighted by molar-refractivity contribution is 5.94. The molecule has 0 radical (unpaired) electrons. The third kappa shape index (κ3) is 15.6. The molecule has 0 aliphatic rings. The molecule has 0 aromatic rings. The Morgan fingerprint density at radius 1 is 0.789 bits per heavy atom. The zero-order chi connectivity index (χ0) is 29.3. The van der Waals surface area contributed by atoms with Crippen LogP contribution < -0.4 is 38.9 Å². The van der Waals surface area contributed by atoms with Gasteiger partial charge in [-0.15, -0.1) is 0 Å². The van der Waals surface area contributed by atoms with Crippen molar-refractivity contribution in [2.24, 2.45) is 33.8 Å². The van der Waals surface area contributed by atoms with Crippen LogP contribution in [-0.2, 0) is 24.0 Å². The number of nitrogens with one attached hydrogen (secondary N) is 3. The Balaban J connectivity index is 5.67. The van der Waals surface area contributed by atoms with E-state index in [9.17, 15) is 29.1 Å². The predicted molar refractivity (Wildman–Crippen MR) is 141 cm³/mol. The maximum absolute atomic E-state index is 13.2. The molecule has 0 aromatic heterocycles. The Morgan fingerprint density at radius 3 is 1.79 bits per heavy atom. The van der Waals surface area contributed by atoms with Gasteiger partial charge in [0, 0.05) is 13.0 Å². The minimum Gasteiger partial charge on any atom is -0.481 e. The molecule has 4 atom stereocenters. The Hall–Kier alpha value is -3.46. The van der Waals surface area contributed by atoms with Crippen molar-refractivity contribution >= 4 is 35.6 Å². The van der Waals surface area contributed by atoms with E-state index in [1.54, 1.807) is 0 Å². The number of carbonyl (C=O) groups excluding carboxylic acids is 3. The number of amides is 3. The van der Waals surface area contributed by atoms with E-state index < -0.39 is 60.2 Å². The molecule has 0 saturated carbocycles. The highest BCUT2D eigenvalue weighted by Crippen LogP contribution is 2.08. The van der Waals surface area contributed by atoms with E-state index in [1.165, 1.54) is 0 Å². The first-order valence-electron chi connectivity index (χ1n) is 12.6. The maximum Gasteiger partial charge on any atom is 0.326 e. The third-order valence-corrected chi connectivity index (χ3v) is 5.48. The molecule has 38 heavy (non-hydrogen) atoms. The van der Waals surface area contributed by atoms with Crippen LogP contribution >= 0.6 is 0 Å². The molecule has 218 valence electrons. The van der Waals surface area contributed by atoms with Crippen molar-refractivity contribution in [1.82, 2.24) is 16.0 Å². The summed E-state index contributed by atoms with van der Waals surface area (Å²) < 4.78 is 0. The fourth-order valence-electron chi connectivity index (χ4n) is 3.50. The molecule has 15 heteroatoms. The lowest BCUT2D eigenvalue weighted by atomic mass is 10.0. The van der Waals surface area contributed by atoms with Gasteiger partial charge in [-0.25, -0.2) is 4.79 Å². The molecule has 0 fully saturated rings. The Bertz CT molecular complexity index is 818. The van der Waals surface area contributed by atoms with Crippen LogP contribution in [0.4, 0.5) is 0 Å². The summed E-state index contributed by atoms with van der Waals surface area (Å²) in [5, 5.41) is 25.7. The number of aliphatic imine (C=N–C) groups is 1. The number of hydrogen-bond acceptors (Lipinski definition) is 8. The van der Waals surface area contributed by atoms with Crippen molar-refractivity contribution in [3.05, 3.63) is 0 Å². The normalized spacial score (nSPS) is 14.0. The van der Waals surface area contributed by atoms with Crippen LogP contribution in [0.25, 0.3) is 0 Å². The van der Waals surface area contributed by atoms with E-state index >= 15 is 0 Å². The molecule has 13 N–H and O–H groups in total. The van der Waals surface area contributed by atoms with Gasteiger partial charge in [0.05, 0.1) is 6.04 Å². The van der Waals surface area contributed by atoms with Crippen LogP contribution in [0.2, 0.25) is 0 Å². The number of hydrogen-bond donors (Lipinski definition) is 9. The highest BCUT2D eigenvalue weighted by Gasteiger charge is 2.30. The lowest BCUT2D eigenvalue weighted by Gasteiger charge is -2.25. The number of guanidine groups is 1. The SMILES string of the molecule is CC(C)CC(N)C(=O)NC(CCCCN)C(=O)NC(CCCN=C(N)N)C(=O)NC(CCC(=O)O)C(=O)O. The van der Waals surface area contributed by atoms with Crippen LogP contribution in [0.5, 0.6) is 0 Å². The van der Waals surface area contributed by atoms with Gasteiger partial charge in [-0.2, -0.15) is 0 Å². The van der Waals surface area contributed by atoms with Gasteiger partial charge in [0.1, 0.15) is 18.1 Å². The standard InChI is InChI=1S/C23H44N8O7/c1-13(2)12-14(25)19(34)29-15(6-3-4-10-24)20(35)30-16(7-5-11-28-23(26)27)21(36)31-17(22(37)38)8-9-18(32)33/h13-17H,3-12,24-25H2,1-2H3,(H,29,34)(H,30,35)(H,31,36)(H,32,33)(H,37,38)(H4,26,27,28). The second-order valence-electron chi connectivity index (χ2n) is 9.42. The molecular formula is C23H44N8O7. The van der Waals surface area contributed by atoms with Crippen molar-refractivity contribution in [1.29, 1.82) is 0 Å². The molecule has 3 amide bonds. The molecule has 0 aromatic carbocycles. The molecule has 15 nitrogen and oxygen atoms in total. The summed E-state index contributed by atoms with van der Waals surface area (Å²) in [5.41, 5.74) is 22.1. The van der Waals surface area contributed by atoms with E-state index in [4.69, 9.17) is 28.0 Å². The predicted octanol–water partition coefficient (Wildman–Crippen LogP) is -2.05. The summed E-state index contributed by atoms with van der Waals surface area (Å²) in [6.07, 6.45) is 1.23. The number of carboxylic acids is 2. The molecule has 0 aliphatic heterocycles. The van der Waals surface area contributed by atoms with Gasteiger partial charge in [-0.3, -0.25) is 24.2 Å². The number of nitrogens with zero attached hydrogens (tertiary/aromatic N) is 1. The Morgan fingerprint density at radius 2 is 1.32 bits per heavy atom. The van der Waals surface area contributed by atoms with Crippen molar-refractivity contribution in [2.75, 3.05) is 13.1 Å². The molecule has 0 rings (SSSR count). The molecule has 0 saturated heterocycles. The first-order valence-corrected chi connectivity index (χ1v) is 12.6. The molecule has 0 bridgehead atoms. The van der Waals surface area contributed by atoms with E-state index in [1.807, 2.05) is 13.8 Å². The van der Waals surface area contributed by atoms with E-state index in [2.05, 4.69) is 20.9 Å². The first-order chi connectivity index (χ1) is 17.8. The molecule has 0 aliphatic carbocycles. The van der Waals surface area contributed by atoms with Crippen molar-refractivity contribution in [3.63, 3.8) is 0 Å². The average molecular weight is 545 g/mol. The van der Waals surface area contributed by atoms with Gasteiger partial charge in [-0.1, -0.05) is 13.8 Å². The highest BCUT2D eigenvalue weighted by atomic mass is 16.4. The van der Waals surface area contributed by atoms with E-state index in [0.717, 1.165) is 0 Å². The largest absolute Gasteiger partial charge is 0.481 e. The van der Waals surface area contributed by atoms with Gasteiger partial charge in [0.15, 0.2) is 5.96 Å². The average Bonchev–Trinajstić information content (AvgIpc) is 2.81. The second-order valence-corrected chi connectivity index (χ2v) is 9.42. The van der Waals surface area contributed by atoms with Crippen LogP contribution in [0, 0.1) is 5.92 Å². The third-order valence-electron chi connectivity index (χ3n) is 5.48. The number of aliphatic carboxylic acids is 2. The van der Waals surface area contributed by atoms with Gasteiger partial charge in [-0.05, 0) is 57.4 Å². The summed E-state index contributed by atoms with van der Waals surface area (Å²) >= 11 is 0. The molecule has 0 spiro atoms. The molecule has 4 unspecified atom stereocenters. The Labute approximate surface area is 222 Å². The lowest BCUT2D eigenvalue weighted by Crippen LogP contribution is -2.57. The summed E-state index contributed by atoms with van der Waals surface area (Å²) in [5.74, 6) is -4.65. The van der Waals surface area contributed by atoms with E-state index in [0.29, 0.717) is 25.8 Å². The van der Waals surface area contributed by atoms with Crippen LogP contribution in [0.3, 0.4) is 0 Å². The fourth-order valence-corrected chi connectivity index (χ4v) is 3.50. The van der Waals surface area contributed by atoms with Gasteiger partial charge in [0.25, 0.3) is 0 Å². The van der Waals surface area contributed by atoms with Crippen LogP contribution in [0.15, 0.2) is 4.99 Å². The molecule has 0 heterocycles. The van der Waals surface area contributed by atoms with E-state index in [-0.39, 0.29) is 44.1 Å². The zero-order valence-electron chi connectivity index (χ0n) is 22.2. The Kier molecular flexibility index (Phi) is 17.0. The van der Waals surface area contributed by atoms with Crippen LogP contribution in [0.1, 0.15) is 65.2 Å². The summed E-state index contributed by atoms with van der Waals surface area (Å²) in [6.45, 7) is 4.35. The van der Waals surface area contributed by atoms with Gasteiger partial charge >= 0.3 is 11.9 Å². The molecular weight excluding hydrogens is 500 g/mol. The summed E-state index contributed by atoms with van der Waals surface area (Å²) in [6, 6.07) is -4.53. The number of nitrogens with two attached hydrogens (primary N) is 4.